The third-order valence-corrected chi connectivity index (χ3v) is 2.97. The molecule has 0 fully saturated rings. The first kappa shape index (κ1) is 11.5. The summed E-state index contributed by atoms with van der Waals surface area (Å²) in [5, 5.41) is 9.58. The molecule has 4 nitrogen and oxygen atoms in total. The predicted octanol–water partition coefficient (Wildman–Crippen LogP) is 2.92. The predicted molar refractivity (Wildman–Crippen MR) is 67.3 cm³/mol. The molecule has 2 rings (SSSR count). The topological polar surface area (TPSA) is 79.1 Å². The van der Waals surface area contributed by atoms with E-state index in [4.69, 9.17) is 22.4 Å². The van der Waals surface area contributed by atoms with Gasteiger partial charge in [0, 0.05) is 10.7 Å². The Labute approximate surface area is 103 Å². The van der Waals surface area contributed by atoms with Crippen molar-refractivity contribution >= 4 is 23.4 Å². The van der Waals surface area contributed by atoms with Gasteiger partial charge in [-0.3, -0.25) is 0 Å². The second-order valence-corrected chi connectivity index (χ2v) is 4.19. The Morgan fingerprint density at radius 1 is 1.41 bits per heavy atom. The highest BCUT2D eigenvalue weighted by atomic mass is 35.5. The van der Waals surface area contributed by atoms with Crippen LogP contribution in [0.2, 0.25) is 5.02 Å². The first-order valence-electron chi connectivity index (χ1n) is 4.97. The number of nitrogens with one attached hydrogen (secondary N) is 1. The Morgan fingerprint density at radius 2 is 2.12 bits per heavy atom. The van der Waals surface area contributed by atoms with E-state index in [0.29, 0.717) is 10.7 Å². The molecule has 0 aliphatic rings. The van der Waals surface area contributed by atoms with Gasteiger partial charge in [-0.05, 0) is 36.2 Å². The number of aromatic carboxylic acids is 1. The van der Waals surface area contributed by atoms with Crippen LogP contribution in [0.25, 0.3) is 11.3 Å². The number of rotatable bonds is 2. The Bertz CT molecular complexity index is 590. The number of hydrogen-bond acceptors (Lipinski definition) is 2. The molecule has 0 spiro atoms. The standard InChI is InChI=1S/C12H11ClN2O2/c1-6-4-7(2-3-9(6)13)10-5-8(12(16)17)11(14)15-10/h2-5,15H,14H2,1H3,(H,16,17). The van der Waals surface area contributed by atoms with Crippen molar-refractivity contribution in [2.24, 2.45) is 0 Å². The van der Waals surface area contributed by atoms with Gasteiger partial charge < -0.3 is 15.8 Å². The molecule has 4 N–H and O–H groups in total. The van der Waals surface area contributed by atoms with Crippen LogP contribution in [0.1, 0.15) is 15.9 Å². The van der Waals surface area contributed by atoms with Crippen LogP contribution in [0.5, 0.6) is 0 Å². The molecule has 0 saturated carbocycles. The van der Waals surface area contributed by atoms with E-state index in [9.17, 15) is 4.79 Å². The van der Waals surface area contributed by atoms with Crippen LogP contribution in [0, 0.1) is 6.92 Å². The number of nitrogens with two attached hydrogens (primary N) is 1. The molecular weight excluding hydrogens is 240 g/mol. The molecule has 0 aliphatic carbocycles. The zero-order chi connectivity index (χ0) is 12.6. The van der Waals surface area contributed by atoms with E-state index in [2.05, 4.69) is 4.98 Å². The van der Waals surface area contributed by atoms with Gasteiger partial charge in [0.2, 0.25) is 0 Å². The Kier molecular flexibility index (Phi) is 2.81. The van der Waals surface area contributed by atoms with Crippen molar-refractivity contribution in [3.63, 3.8) is 0 Å². The van der Waals surface area contributed by atoms with Crippen LogP contribution in [-0.2, 0) is 0 Å². The lowest BCUT2D eigenvalue weighted by atomic mass is 10.1. The van der Waals surface area contributed by atoms with Crippen molar-refractivity contribution in [2.45, 2.75) is 6.92 Å². The number of aromatic nitrogens is 1. The maximum atomic E-state index is 10.9. The van der Waals surface area contributed by atoms with Crippen molar-refractivity contribution in [3.05, 3.63) is 40.4 Å². The summed E-state index contributed by atoms with van der Waals surface area (Å²) in [4.78, 5) is 13.7. The summed E-state index contributed by atoms with van der Waals surface area (Å²) in [6.45, 7) is 1.89. The highest BCUT2D eigenvalue weighted by Gasteiger charge is 2.13. The highest BCUT2D eigenvalue weighted by Crippen LogP contribution is 2.26. The van der Waals surface area contributed by atoms with Crippen LogP contribution in [0.3, 0.4) is 0 Å². The van der Waals surface area contributed by atoms with E-state index in [1.807, 2.05) is 19.1 Å². The number of halogens is 1. The van der Waals surface area contributed by atoms with Gasteiger partial charge in [0.25, 0.3) is 0 Å². The molecule has 0 unspecified atom stereocenters. The molecule has 1 aromatic carbocycles. The lowest BCUT2D eigenvalue weighted by Crippen LogP contribution is -1.98. The van der Waals surface area contributed by atoms with Crippen molar-refractivity contribution in [2.75, 3.05) is 5.73 Å². The number of anilines is 1. The minimum Gasteiger partial charge on any atom is -0.478 e. The number of carbonyl (C=O) groups is 1. The third-order valence-electron chi connectivity index (χ3n) is 2.55. The summed E-state index contributed by atoms with van der Waals surface area (Å²) in [7, 11) is 0. The van der Waals surface area contributed by atoms with E-state index in [-0.39, 0.29) is 11.4 Å². The van der Waals surface area contributed by atoms with E-state index >= 15 is 0 Å². The molecule has 2 aromatic rings. The molecule has 88 valence electrons. The van der Waals surface area contributed by atoms with Crippen LogP contribution >= 0.6 is 11.6 Å². The summed E-state index contributed by atoms with van der Waals surface area (Å²) in [5.41, 5.74) is 8.11. The lowest BCUT2D eigenvalue weighted by molar-refractivity contribution is 0.0698. The highest BCUT2D eigenvalue weighted by molar-refractivity contribution is 6.31. The molecule has 0 aliphatic heterocycles. The van der Waals surface area contributed by atoms with Crippen molar-refractivity contribution in [1.82, 2.24) is 4.98 Å². The molecule has 5 heteroatoms. The summed E-state index contributed by atoms with van der Waals surface area (Å²) in [6, 6.07) is 6.97. The fourth-order valence-corrected chi connectivity index (χ4v) is 1.73. The molecule has 1 heterocycles. The number of aromatic amines is 1. The number of hydrogen-bond donors (Lipinski definition) is 3. The maximum absolute atomic E-state index is 10.9. The van der Waals surface area contributed by atoms with Gasteiger partial charge in [-0.15, -0.1) is 0 Å². The fraction of sp³-hybridized carbons (Fsp3) is 0.0833. The molecule has 1 aromatic heterocycles. The van der Waals surface area contributed by atoms with Crippen molar-refractivity contribution in [1.29, 1.82) is 0 Å². The second-order valence-electron chi connectivity index (χ2n) is 3.78. The van der Waals surface area contributed by atoms with Gasteiger partial charge in [-0.2, -0.15) is 0 Å². The first-order chi connectivity index (χ1) is 7.99. The number of H-pyrrole nitrogens is 1. The van der Waals surface area contributed by atoms with E-state index < -0.39 is 5.97 Å². The van der Waals surface area contributed by atoms with Crippen LogP contribution < -0.4 is 5.73 Å². The second kappa shape index (κ2) is 4.14. The van der Waals surface area contributed by atoms with E-state index in [0.717, 1.165) is 11.1 Å². The van der Waals surface area contributed by atoms with Crippen LogP contribution in [0.15, 0.2) is 24.3 Å². The van der Waals surface area contributed by atoms with Gasteiger partial charge in [-0.1, -0.05) is 17.7 Å². The number of nitrogen functional groups attached to an aromatic ring is 1. The van der Waals surface area contributed by atoms with Gasteiger partial charge in [0.15, 0.2) is 0 Å². The number of aryl methyl sites for hydroxylation is 1. The smallest absolute Gasteiger partial charge is 0.339 e. The van der Waals surface area contributed by atoms with E-state index in [1.165, 1.54) is 6.07 Å². The van der Waals surface area contributed by atoms with Crippen LogP contribution in [0.4, 0.5) is 5.82 Å². The van der Waals surface area contributed by atoms with Gasteiger partial charge in [-0.25, -0.2) is 4.79 Å². The molecule has 0 atom stereocenters. The van der Waals surface area contributed by atoms with E-state index in [1.54, 1.807) is 6.07 Å². The Balaban J connectivity index is 2.50. The maximum Gasteiger partial charge on any atom is 0.339 e. The summed E-state index contributed by atoms with van der Waals surface area (Å²) >= 11 is 5.93. The minimum absolute atomic E-state index is 0.0765. The molecule has 17 heavy (non-hydrogen) atoms. The first-order valence-corrected chi connectivity index (χ1v) is 5.35. The van der Waals surface area contributed by atoms with Gasteiger partial charge >= 0.3 is 5.97 Å². The molecular formula is C12H11ClN2O2. The zero-order valence-corrected chi connectivity index (χ0v) is 9.88. The SMILES string of the molecule is Cc1cc(-c2cc(C(=O)O)c(N)[nH]2)ccc1Cl. The van der Waals surface area contributed by atoms with Gasteiger partial charge in [0.1, 0.15) is 11.4 Å². The third kappa shape index (κ3) is 2.12. The zero-order valence-electron chi connectivity index (χ0n) is 9.12. The average molecular weight is 251 g/mol. The molecule has 0 saturated heterocycles. The Morgan fingerprint density at radius 3 is 2.65 bits per heavy atom. The quantitative estimate of drug-likeness (QED) is 0.767. The summed E-state index contributed by atoms with van der Waals surface area (Å²) in [6.07, 6.45) is 0. The molecule has 0 amide bonds. The summed E-state index contributed by atoms with van der Waals surface area (Å²) in [5.74, 6) is -0.893. The normalized spacial score (nSPS) is 10.5. The monoisotopic (exact) mass is 250 g/mol. The van der Waals surface area contributed by atoms with Gasteiger partial charge in [0.05, 0.1) is 0 Å². The van der Waals surface area contributed by atoms with Crippen molar-refractivity contribution in [3.8, 4) is 11.3 Å². The minimum atomic E-state index is -1.05. The molecule has 0 bridgehead atoms. The lowest BCUT2D eigenvalue weighted by Gasteiger charge is -2.01. The summed E-state index contributed by atoms with van der Waals surface area (Å²) < 4.78 is 0. The van der Waals surface area contributed by atoms with Crippen LogP contribution in [-0.4, -0.2) is 16.1 Å². The van der Waals surface area contributed by atoms with Crippen molar-refractivity contribution < 1.29 is 9.90 Å². The number of benzene rings is 1. The number of carboxylic acid groups (broad SMARTS) is 1. The molecule has 0 radical (unpaired) electrons. The Hall–Kier alpha value is -1.94. The number of carboxylic acids is 1. The average Bonchev–Trinajstić information content (AvgIpc) is 2.64. The fourth-order valence-electron chi connectivity index (χ4n) is 1.62. The largest absolute Gasteiger partial charge is 0.478 e.